The number of nitrogens with zero attached hydrogens (tertiary/aromatic N) is 1. The monoisotopic (exact) mass is 354 g/mol. The largest absolute Gasteiger partial charge is 0.455 e. The number of furan rings is 1. The second-order valence-electron chi connectivity index (χ2n) is 6.85. The molecule has 0 bridgehead atoms. The topological polar surface area (TPSA) is 54.6 Å². The molecule has 5 heteroatoms. The van der Waals surface area contributed by atoms with E-state index in [1.807, 2.05) is 30.8 Å². The molecule has 2 heterocycles. The number of nitrogens with one attached hydrogen (secondary N) is 1. The summed E-state index contributed by atoms with van der Waals surface area (Å²) in [6.07, 6.45) is 1.94. The Balaban J connectivity index is 1.55. The summed E-state index contributed by atoms with van der Waals surface area (Å²) in [5.74, 6) is 1.25. The number of hydrogen-bond acceptors (Lipinski definition) is 4. The molecule has 0 unspecified atom stereocenters. The average Bonchev–Trinajstić information content (AvgIpc) is 3.12. The van der Waals surface area contributed by atoms with E-state index in [1.54, 1.807) is 0 Å². The van der Waals surface area contributed by atoms with E-state index in [-0.39, 0.29) is 11.9 Å². The van der Waals surface area contributed by atoms with Crippen LogP contribution in [0.1, 0.15) is 58.0 Å². The van der Waals surface area contributed by atoms with E-state index in [1.165, 1.54) is 5.56 Å². The van der Waals surface area contributed by atoms with E-state index in [2.05, 4.69) is 31.3 Å². The highest BCUT2D eigenvalue weighted by molar-refractivity contribution is 8.14. The fraction of sp³-hybridized carbons (Fsp3) is 0.400. The molecule has 0 saturated carbocycles. The van der Waals surface area contributed by atoms with Crippen LogP contribution in [0.25, 0.3) is 0 Å². The van der Waals surface area contributed by atoms with Gasteiger partial charge in [-0.2, -0.15) is 0 Å². The third-order valence-corrected chi connectivity index (χ3v) is 6.20. The quantitative estimate of drug-likeness (QED) is 0.892. The Morgan fingerprint density at radius 1 is 1.36 bits per heavy atom. The molecule has 2 aliphatic rings. The first-order valence-corrected chi connectivity index (χ1v) is 9.58. The number of thioether (sulfide) groups is 1. The highest BCUT2D eigenvalue weighted by Gasteiger charge is 2.39. The van der Waals surface area contributed by atoms with Crippen molar-refractivity contribution in [2.75, 3.05) is 0 Å². The normalized spacial score (nSPS) is 21.5. The predicted molar refractivity (Wildman–Crippen MR) is 101 cm³/mol. The zero-order chi connectivity index (χ0) is 17.6. The highest BCUT2D eigenvalue weighted by atomic mass is 32.2. The number of carbonyl (C=O) groups is 1. The van der Waals surface area contributed by atoms with Crippen molar-refractivity contribution in [1.29, 1.82) is 0 Å². The van der Waals surface area contributed by atoms with Crippen LogP contribution in [0.4, 0.5) is 0 Å². The first kappa shape index (κ1) is 16.5. The van der Waals surface area contributed by atoms with Crippen molar-refractivity contribution in [1.82, 2.24) is 5.32 Å². The van der Waals surface area contributed by atoms with Crippen molar-refractivity contribution in [3.63, 3.8) is 0 Å². The summed E-state index contributed by atoms with van der Waals surface area (Å²) in [5.41, 5.74) is 4.37. The molecule has 1 N–H and O–H groups in total. The van der Waals surface area contributed by atoms with Gasteiger partial charge in [0.05, 0.1) is 11.1 Å². The number of carbonyl (C=O) groups excluding carboxylic acids is 1. The lowest BCUT2D eigenvalue weighted by Crippen LogP contribution is -2.23. The van der Waals surface area contributed by atoms with Crippen LogP contribution < -0.4 is 5.32 Å². The van der Waals surface area contributed by atoms with Gasteiger partial charge in [-0.1, -0.05) is 29.8 Å². The summed E-state index contributed by atoms with van der Waals surface area (Å²) < 4.78 is 5.96. The molecule has 1 aromatic carbocycles. The van der Waals surface area contributed by atoms with E-state index in [0.717, 1.165) is 40.3 Å². The first-order chi connectivity index (χ1) is 12.0. The van der Waals surface area contributed by atoms with Gasteiger partial charge in [0.2, 0.25) is 0 Å². The van der Waals surface area contributed by atoms with E-state index in [0.29, 0.717) is 17.6 Å². The van der Waals surface area contributed by atoms with E-state index >= 15 is 0 Å². The zero-order valence-electron chi connectivity index (χ0n) is 14.8. The molecule has 4 nitrogen and oxygen atoms in total. The summed E-state index contributed by atoms with van der Waals surface area (Å²) in [6, 6.07) is 8.31. The summed E-state index contributed by atoms with van der Waals surface area (Å²) in [6.45, 7) is 6.60. The van der Waals surface area contributed by atoms with E-state index < -0.39 is 0 Å². The molecule has 0 spiro atoms. The number of benzene rings is 1. The molecule has 130 valence electrons. The highest BCUT2D eigenvalue weighted by Crippen LogP contribution is 2.47. The van der Waals surface area contributed by atoms with E-state index in [9.17, 15) is 4.79 Å². The molecular formula is C20H22N2O2S. The third kappa shape index (κ3) is 3.01. The maximum Gasteiger partial charge on any atom is 0.287 e. The SMILES string of the molecule is CC1=N[C@H]2c3c(oc(C(=O)NCc4cccc(C)c4)c3C)CC[C@H]2S1. The molecule has 0 saturated heterocycles. The number of hydrogen-bond donors (Lipinski definition) is 1. The summed E-state index contributed by atoms with van der Waals surface area (Å²) >= 11 is 1.86. The van der Waals surface area contributed by atoms with Crippen molar-refractivity contribution >= 4 is 22.7 Å². The van der Waals surface area contributed by atoms with Gasteiger partial charge in [-0.3, -0.25) is 9.79 Å². The Morgan fingerprint density at radius 3 is 3.00 bits per heavy atom. The van der Waals surface area contributed by atoms with Gasteiger partial charge < -0.3 is 9.73 Å². The van der Waals surface area contributed by atoms with Gasteiger partial charge in [0.15, 0.2) is 5.76 Å². The first-order valence-electron chi connectivity index (χ1n) is 8.70. The average molecular weight is 354 g/mol. The van der Waals surface area contributed by atoms with Crippen molar-refractivity contribution < 1.29 is 9.21 Å². The summed E-state index contributed by atoms with van der Waals surface area (Å²) in [5, 5.41) is 4.61. The van der Waals surface area contributed by atoms with Gasteiger partial charge >= 0.3 is 0 Å². The lowest BCUT2D eigenvalue weighted by atomic mass is 9.90. The second kappa shape index (κ2) is 6.37. The smallest absolute Gasteiger partial charge is 0.287 e. The molecular weight excluding hydrogens is 332 g/mol. The van der Waals surface area contributed by atoms with Crippen LogP contribution in [0, 0.1) is 13.8 Å². The fourth-order valence-electron chi connectivity index (χ4n) is 3.79. The molecule has 2 aromatic rings. The zero-order valence-corrected chi connectivity index (χ0v) is 15.6. The van der Waals surface area contributed by atoms with Gasteiger partial charge in [-0.15, -0.1) is 11.8 Å². The van der Waals surface area contributed by atoms with Gasteiger partial charge in [-0.25, -0.2) is 0 Å². The lowest BCUT2D eigenvalue weighted by Gasteiger charge is -2.22. The van der Waals surface area contributed by atoms with Crippen molar-refractivity contribution in [3.05, 3.63) is 58.0 Å². The number of aryl methyl sites for hydroxylation is 2. The second-order valence-corrected chi connectivity index (χ2v) is 8.28. The Labute approximate surface area is 152 Å². The lowest BCUT2D eigenvalue weighted by molar-refractivity contribution is 0.0920. The molecule has 2 atom stereocenters. The maximum absolute atomic E-state index is 12.7. The molecule has 4 rings (SSSR count). The molecule has 0 radical (unpaired) electrons. The van der Waals surface area contributed by atoms with Crippen molar-refractivity contribution in [3.8, 4) is 0 Å². The van der Waals surface area contributed by atoms with Crippen LogP contribution in [0.5, 0.6) is 0 Å². The Hall–Kier alpha value is -2.01. The van der Waals surface area contributed by atoms with Crippen molar-refractivity contribution in [2.45, 2.75) is 51.4 Å². The fourth-order valence-corrected chi connectivity index (χ4v) is 4.97. The summed E-state index contributed by atoms with van der Waals surface area (Å²) in [4.78, 5) is 17.4. The molecule has 0 fully saturated rings. The third-order valence-electron chi connectivity index (χ3n) is 4.96. The minimum atomic E-state index is -0.142. The van der Waals surface area contributed by atoms with Crippen LogP contribution >= 0.6 is 11.8 Å². The van der Waals surface area contributed by atoms with Crippen LogP contribution in [0.2, 0.25) is 0 Å². The van der Waals surface area contributed by atoms with Crippen LogP contribution in [0.3, 0.4) is 0 Å². The van der Waals surface area contributed by atoms with Crippen molar-refractivity contribution in [2.24, 2.45) is 4.99 Å². The predicted octanol–water partition coefficient (Wildman–Crippen LogP) is 4.35. The summed E-state index contributed by atoms with van der Waals surface area (Å²) in [7, 11) is 0. The van der Waals surface area contributed by atoms with Crippen LogP contribution in [-0.4, -0.2) is 16.2 Å². The number of aliphatic imine (C=N–C) groups is 1. The number of fused-ring (bicyclic) bond motifs is 3. The van der Waals surface area contributed by atoms with Crippen LogP contribution in [-0.2, 0) is 13.0 Å². The Morgan fingerprint density at radius 2 is 2.20 bits per heavy atom. The Kier molecular flexibility index (Phi) is 4.20. The number of rotatable bonds is 3. The maximum atomic E-state index is 12.7. The van der Waals surface area contributed by atoms with E-state index in [4.69, 9.17) is 9.41 Å². The Bertz CT molecular complexity index is 869. The molecule has 1 aliphatic carbocycles. The van der Waals surface area contributed by atoms with Gasteiger partial charge in [-0.05, 0) is 32.8 Å². The van der Waals surface area contributed by atoms with Gasteiger partial charge in [0.1, 0.15) is 5.76 Å². The molecule has 25 heavy (non-hydrogen) atoms. The molecule has 1 aliphatic heterocycles. The molecule has 1 aromatic heterocycles. The van der Waals surface area contributed by atoms with Gasteiger partial charge in [0.25, 0.3) is 5.91 Å². The standard InChI is InChI=1S/C20H22N2O2S/c1-11-5-4-6-14(9-11)10-21-20(23)19-12(2)17-15(24-19)7-8-16-18(17)22-13(3)25-16/h4-6,9,16,18H,7-8,10H2,1-3H3,(H,21,23)/t16-,18-/m1/s1. The van der Waals surface area contributed by atoms with Crippen LogP contribution in [0.15, 0.2) is 33.7 Å². The minimum Gasteiger partial charge on any atom is -0.455 e. The molecule has 1 amide bonds. The minimum absolute atomic E-state index is 0.142. The van der Waals surface area contributed by atoms with Gasteiger partial charge in [0, 0.05) is 29.3 Å². The number of amides is 1.